The van der Waals surface area contributed by atoms with Crippen LogP contribution in [0.15, 0.2) is 0 Å². The molecule has 0 bridgehead atoms. The Morgan fingerprint density at radius 2 is 1.83 bits per heavy atom. The van der Waals surface area contributed by atoms with E-state index >= 15 is 0 Å². The second-order valence-electron chi connectivity index (χ2n) is 5.20. The molecule has 23 heavy (non-hydrogen) atoms. The number of nitrogens with one attached hydrogen (secondary N) is 2. The van der Waals surface area contributed by atoms with Gasteiger partial charge in [-0.2, -0.15) is 0 Å². The number of carboxylic acids is 1. The van der Waals surface area contributed by atoms with E-state index in [0.29, 0.717) is 0 Å². The molecule has 1 rings (SSSR count). The van der Waals surface area contributed by atoms with Crippen LogP contribution < -0.4 is 16.4 Å². The molecule has 1 aliphatic heterocycles. The smallest absolute Gasteiger partial charge is 0.321 e. The number of nitrogens with two attached hydrogens (primary N) is 1. The first-order chi connectivity index (χ1) is 10.7. The SMILES string of the molecule is CC(=O)N[C@@H]1[C@@H](O)[C@H](O)[C@@H](CO)O[C@H]1NC(=O)CC(N)C(=O)O. The zero-order valence-corrected chi connectivity index (χ0v) is 12.4. The first kappa shape index (κ1) is 19.3. The minimum Gasteiger partial charge on any atom is -0.480 e. The molecule has 0 aromatic rings. The third kappa shape index (κ3) is 5.11. The number of rotatable bonds is 6. The molecule has 1 heterocycles. The third-order valence-corrected chi connectivity index (χ3v) is 3.32. The van der Waals surface area contributed by atoms with Crippen molar-refractivity contribution in [2.75, 3.05) is 6.61 Å². The van der Waals surface area contributed by atoms with Gasteiger partial charge in [0.05, 0.1) is 13.0 Å². The molecule has 0 radical (unpaired) electrons. The Hall–Kier alpha value is -1.79. The van der Waals surface area contributed by atoms with E-state index < -0.39 is 67.4 Å². The first-order valence-corrected chi connectivity index (χ1v) is 6.84. The Kier molecular flexibility index (Phi) is 6.84. The lowest BCUT2D eigenvalue weighted by molar-refractivity contribution is -0.203. The van der Waals surface area contributed by atoms with Crippen molar-refractivity contribution < 1.29 is 39.5 Å². The number of carbonyl (C=O) groups is 3. The van der Waals surface area contributed by atoms with Crippen LogP contribution in [0.3, 0.4) is 0 Å². The second kappa shape index (κ2) is 8.17. The molecule has 0 spiro atoms. The Balaban J connectivity index is 2.82. The Morgan fingerprint density at radius 1 is 1.22 bits per heavy atom. The van der Waals surface area contributed by atoms with E-state index in [1.165, 1.54) is 0 Å². The molecule has 6 atom stereocenters. The number of carboxylic acid groups (broad SMARTS) is 1. The molecule has 1 saturated heterocycles. The van der Waals surface area contributed by atoms with Crippen LogP contribution in [0.1, 0.15) is 13.3 Å². The molecular weight excluding hydrogens is 314 g/mol. The van der Waals surface area contributed by atoms with Gasteiger partial charge < -0.3 is 41.5 Å². The van der Waals surface area contributed by atoms with Crippen molar-refractivity contribution in [2.45, 2.75) is 50.0 Å². The third-order valence-electron chi connectivity index (χ3n) is 3.32. The average molecular weight is 335 g/mol. The molecule has 2 amide bonds. The van der Waals surface area contributed by atoms with Crippen LogP contribution in [0.2, 0.25) is 0 Å². The predicted octanol–water partition coefficient (Wildman–Crippen LogP) is -4.15. The molecule has 0 aromatic carbocycles. The fraction of sp³-hybridized carbons (Fsp3) is 0.750. The van der Waals surface area contributed by atoms with Crippen LogP contribution in [-0.4, -0.2) is 81.4 Å². The standard InChI is InChI=1S/C12H21N3O8/c1-4(17)14-8-10(20)9(19)6(3-16)23-11(8)15-7(18)2-5(13)12(21)22/h5-6,8-11,16,19-20H,2-3,13H2,1H3,(H,14,17)(H,15,18)(H,21,22)/t5?,6-,8-,9-,10-,11-/m1/s1. The summed E-state index contributed by atoms with van der Waals surface area (Å²) in [6, 6.07) is -2.61. The number of aliphatic carboxylic acids is 1. The number of ether oxygens (including phenoxy) is 1. The van der Waals surface area contributed by atoms with Gasteiger partial charge in [0.15, 0.2) is 6.23 Å². The van der Waals surface area contributed by atoms with Gasteiger partial charge in [-0.15, -0.1) is 0 Å². The molecule has 0 saturated carbocycles. The summed E-state index contributed by atoms with van der Waals surface area (Å²) in [6.07, 6.45) is -6.00. The van der Waals surface area contributed by atoms with Gasteiger partial charge in [0.2, 0.25) is 11.8 Å². The molecular formula is C12H21N3O8. The van der Waals surface area contributed by atoms with Gasteiger partial charge in [-0.3, -0.25) is 14.4 Å². The van der Waals surface area contributed by atoms with Gasteiger partial charge in [0.25, 0.3) is 0 Å². The van der Waals surface area contributed by atoms with Crippen LogP contribution in [0, 0.1) is 0 Å². The van der Waals surface area contributed by atoms with E-state index in [4.69, 9.17) is 20.7 Å². The van der Waals surface area contributed by atoms with Gasteiger partial charge in [-0.1, -0.05) is 0 Å². The summed E-state index contributed by atoms with van der Waals surface area (Å²) in [5, 5.41) is 42.2. The largest absolute Gasteiger partial charge is 0.480 e. The Morgan fingerprint density at radius 3 is 2.30 bits per heavy atom. The van der Waals surface area contributed by atoms with Gasteiger partial charge >= 0.3 is 5.97 Å². The molecule has 0 aromatic heterocycles. The van der Waals surface area contributed by atoms with Crippen molar-refractivity contribution in [3.8, 4) is 0 Å². The second-order valence-corrected chi connectivity index (χ2v) is 5.20. The highest BCUT2D eigenvalue weighted by Crippen LogP contribution is 2.20. The fourth-order valence-corrected chi connectivity index (χ4v) is 2.14. The number of carbonyl (C=O) groups excluding carboxylic acids is 2. The van der Waals surface area contributed by atoms with Crippen molar-refractivity contribution in [3.05, 3.63) is 0 Å². The number of hydrogen-bond donors (Lipinski definition) is 7. The lowest BCUT2D eigenvalue weighted by Crippen LogP contribution is -2.68. The summed E-state index contributed by atoms with van der Waals surface area (Å²) in [7, 11) is 0. The maximum atomic E-state index is 11.8. The summed E-state index contributed by atoms with van der Waals surface area (Å²) in [5.74, 6) is -2.71. The van der Waals surface area contributed by atoms with Crippen LogP contribution in [0.25, 0.3) is 0 Å². The topological polar surface area (TPSA) is 191 Å². The Labute approximate surface area is 131 Å². The molecule has 11 nitrogen and oxygen atoms in total. The van der Waals surface area contributed by atoms with Crippen molar-refractivity contribution in [1.82, 2.24) is 10.6 Å². The maximum Gasteiger partial charge on any atom is 0.321 e. The normalized spacial score (nSPS) is 32.0. The van der Waals surface area contributed by atoms with Crippen LogP contribution in [0.4, 0.5) is 0 Å². The fourth-order valence-electron chi connectivity index (χ4n) is 2.14. The van der Waals surface area contributed by atoms with E-state index in [1.54, 1.807) is 0 Å². The summed E-state index contributed by atoms with van der Waals surface area (Å²) in [6.45, 7) is 0.530. The van der Waals surface area contributed by atoms with Crippen LogP contribution in [0.5, 0.6) is 0 Å². The van der Waals surface area contributed by atoms with Gasteiger partial charge in [0.1, 0.15) is 30.4 Å². The van der Waals surface area contributed by atoms with Gasteiger partial charge in [0, 0.05) is 6.92 Å². The lowest BCUT2D eigenvalue weighted by atomic mass is 9.95. The number of aliphatic hydroxyl groups excluding tert-OH is 3. The minimum absolute atomic E-state index is 0.547. The van der Waals surface area contributed by atoms with E-state index in [0.717, 1.165) is 6.92 Å². The van der Waals surface area contributed by atoms with Crippen molar-refractivity contribution in [2.24, 2.45) is 5.73 Å². The van der Waals surface area contributed by atoms with Crippen molar-refractivity contribution in [3.63, 3.8) is 0 Å². The van der Waals surface area contributed by atoms with E-state index in [2.05, 4.69) is 10.6 Å². The number of aliphatic hydroxyl groups is 3. The van der Waals surface area contributed by atoms with E-state index in [9.17, 15) is 24.6 Å². The molecule has 1 aliphatic rings. The zero-order chi connectivity index (χ0) is 17.7. The summed E-state index contributed by atoms with van der Waals surface area (Å²) in [4.78, 5) is 33.6. The molecule has 8 N–H and O–H groups in total. The highest BCUT2D eigenvalue weighted by Gasteiger charge is 2.45. The average Bonchev–Trinajstić information content (AvgIpc) is 2.46. The molecule has 0 aliphatic carbocycles. The van der Waals surface area contributed by atoms with Crippen LogP contribution >= 0.6 is 0 Å². The molecule has 1 fully saturated rings. The van der Waals surface area contributed by atoms with Gasteiger partial charge in [-0.05, 0) is 0 Å². The highest BCUT2D eigenvalue weighted by molar-refractivity contribution is 5.84. The van der Waals surface area contributed by atoms with E-state index in [1.807, 2.05) is 0 Å². The van der Waals surface area contributed by atoms with Crippen LogP contribution in [-0.2, 0) is 19.1 Å². The minimum atomic E-state index is -1.51. The summed E-state index contributed by atoms with van der Waals surface area (Å²) >= 11 is 0. The number of amides is 2. The quantitative estimate of drug-likeness (QED) is 0.252. The van der Waals surface area contributed by atoms with E-state index in [-0.39, 0.29) is 0 Å². The van der Waals surface area contributed by atoms with Crippen molar-refractivity contribution in [1.29, 1.82) is 0 Å². The lowest BCUT2D eigenvalue weighted by Gasteiger charge is -2.42. The van der Waals surface area contributed by atoms with Crippen molar-refractivity contribution >= 4 is 17.8 Å². The van der Waals surface area contributed by atoms with Gasteiger partial charge in [-0.25, -0.2) is 0 Å². The zero-order valence-electron chi connectivity index (χ0n) is 12.4. The monoisotopic (exact) mass is 335 g/mol. The molecule has 1 unspecified atom stereocenters. The predicted molar refractivity (Wildman–Crippen MR) is 73.7 cm³/mol. The highest BCUT2D eigenvalue weighted by atomic mass is 16.5. The summed E-state index contributed by atoms with van der Waals surface area (Å²) < 4.78 is 5.25. The molecule has 11 heteroatoms. The summed E-state index contributed by atoms with van der Waals surface area (Å²) in [5.41, 5.74) is 5.24. The Bertz CT molecular complexity index is 460. The molecule has 132 valence electrons. The number of hydrogen-bond acceptors (Lipinski definition) is 8. The maximum absolute atomic E-state index is 11.8. The first-order valence-electron chi connectivity index (χ1n) is 6.84.